The van der Waals surface area contributed by atoms with Crippen molar-refractivity contribution in [1.29, 1.82) is 0 Å². The van der Waals surface area contributed by atoms with E-state index in [1.54, 1.807) is 0 Å². The van der Waals surface area contributed by atoms with Crippen molar-refractivity contribution >= 4 is 11.8 Å². The molecule has 0 radical (unpaired) electrons. The van der Waals surface area contributed by atoms with Crippen LogP contribution in [0.2, 0.25) is 0 Å². The van der Waals surface area contributed by atoms with Crippen LogP contribution in [0, 0.1) is 11.6 Å². The predicted octanol–water partition coefficient (Wildman–Crippen LogP) is 2.95. The minimum atomic E-state index is -5.18. The summed E-state index contributed by atoms with van der Waals surface area (Å²) in [5, 5.41) is 0. The van der Waals surface area contributed by atoms with Gasteiger partial charge in [0.15, 0.2) is 5.82 Å². The number of halogens is 5. The SMILES string of the molecule is O=C=Nc1ccc(F)c(C(F)(F)F)c1F. The minimum Gasteiger partial charge on any atom is -0.211 e. The number of isocyanates is 1. The Morgan fingerprint density at radius 1 is 1.20 bits per heavy atom. The van der Waals surface area contributed by atoms with E-state index in [4.69, 9.17) is 0 Å². The Bertz CT molecular complexity index is 433. The lowest BCUT2D eigenvalue weighted by Crippen LogP contribution is -2.11. The lowest BCUT2D eigenvalue weighted by atomic mass is 10.1. The maximum absolute atomic E-state index is 13.0. The summed E-state index contributed by atoms with van der Waals surface area (Å²) in [7, 11) is 0. The molecule has 0 aliphatic carbocycles. The number of rotatable bonds is 1. The molecule has 0 heterocycles. The number of nitrogens with zero attached hydrogens (tertiary/aromatic N) is 1. The number of hydrogen-bond donors (Lipinski definition) is 0. The minimum absolute atomic E-state index is 0.377. The summed E-state index contributed by atoms with van der Waals surface area (Å²) >= 11 is 0. The first-order chi connectivity index (χ1) is 6.88. The van der Waals surface area contributed by atoms with Crippen LogP contribution in [0.1, 0.15) is 5.56 Å². The largest absolute Gasteiger partial charge is 0.422 e. The maximum Gasteiger partial charge on any atom is 0.422 e. The second-order valence-corrected chi connectivity index (χ2v) is 2.46. The molecule has 0 aromatic heterocycles. The van der Waals surface area contributed by atoms with Gasteiger partial charge in [0.25, 0.3) is 0 Å². The molecule has 0 saturated heterocycles. The Labute approximate surface area is 80.0 Å². The molecule has 0 atom stereocenters. The Balaban J connectivity index is 3.50. The van der Waals surface area contributed by atoms with Crippen molar-refractivity contribution in [1.82, 2.24) is 0 Å². The van der Waals surface area contributed by atoms with Crippen LogP contribution >= 0.6 is 0 Å². The van der Waals surface area contributed by atoms with Crippen LogP contribution in [0.4, 0.5) is 27.6 Å². The fourth-order valence-corrected chi connectivity index (χ4v) is 0.937. The van der Waals surface area contributed by atoms with E-state index in [0.29, 0.717) is 12.1 Å². The van der Waals surface area contributed by atoms with Crippen LogP contribution in [0.5, 0.6) is 0 Å². The quantitative estimate of drug-likeness (QED) is 0.409. The number of hydrogen-bond acceptors (Lipinski definition) is 2. The van der Waals surface area contributed by atoms with Crippen molar-refractivity contribution in [3.63, 3.8) is 0 Å². The number of alkyl halides is 3. The summed E-state index contributed by atoms with van der Waals surface area (Å²) < 4.78 is 62.0. The molecule has 0 unspecified atom stereocenters. The van der Waals surface area contributed by atoms with E-state index in [9.17, 15) is 26.7 Å². The average molecular weight is 223 g/mol. The van der Waals surface area contributed by atoms with Crippen LogP contribution in [-0.4, -0.2) is 6.08 Å². The molecule has 2 nitrogen and oxygen atoms in total. The van der Waals surface area contributed by atoms with Gasteiger partial charge in [-0.05, 0) is 12.1 Å². The van der Waals surface area contributed by atoms with Crippen LogP contribution in [0.15, 0.2) is 17.1 Å². The van der Waals surface area contributed by atoms with E-state index in [-0.39, 0.29) is 0 Å². The van der Waals surface area contributed by atoms with Gasteiger partial charge in [0.05, 0.1) is 0 Å². The van der Waals surface area contributed by atoms with E-state index in [0.717, 1.165) is 6.08 Å². The fraction of sp³-hybridized carbons (Fsp3) is 0.125. The highest BCUT2D eigenvalue weighted by molar-refractivity contribution is 5.51. The lowest BCUT2D eigenvalue weighted by Gasteiger charge is -2.09. The standard InChI is InChI=1S/C8H2F5NO/c9-4-1-2-5(14-3-15)7(10)6(4)8(11,12)13/h1-2H. The van der Waals surface area contributed by atoms with Crippen LogP contribution < -0.4 is 0 Å². The first-order valence-corrected chi connectivity index (χ1v) is 3.51. The third-order valence-electron chi connectivity index (χ3n) is 1.52. The molecular formula is C8H2F5NO. The predicted molar refractivity (Wildman–Crippen MR) is 39.1 cm³/mol. The molecule has 0 aliphatic rings. The van der Waals surface area contributed by atoms with E-state index in [1.807, 2.05) is 0 Å². The maximum atomic E-state index is 13.0. The number of aliphatic imine (C=N–C) groups is 1. The molecule has 1 aromatic carbocycles. The molecular weight excluding hydrogens is 221 g/mol. The van der Waals surface area contributed by atoms with Gasteiger partial charge in [-0.2, -0.15) is 18.2 Å². The lowest BCUT2D eigenvalue weighted by molar-refractivity contribution is -0.142. The molecule has 0 bridgehead atoms. The Morgan fingerprint density at radius 3 is 2.27 bits per heavy atom. The molecule has 0 N–H and O–H groups in total. The molecule has 0 amide bonds. The second-order valence-electron chi connectivity index (χ2n) is 2.46. The van der Waals surface area contributed by atoms with Crippen molar-refractivity contribution in [2.24, 2.45) is 4.99 Å². The van der Waals surface area contributed by atoms with Crippen LogP contribution in [0.3, 0.4) is 0 Å². The zero-order valence-corrected chi connectivity index (χ0v) is 6.90. The second kappa shape index (κ2) is 3.78. The molecule has 0 aliphatic heterocycles. The monoisotopic (exact) mass is 223 g/mol. The summed E-state index contributed by atoms with van der Waals surface area (Å²) in [4.78, 5) is 12.4. The van der Waals surface area contributed by atoms with E-state index in [1.165, 1.54) is 0 Å². The molecule has 1 rings (SSSR count). The van der Waals surface area contributed by atoms with E-state index >= 15 is 0 Å². The van der Waals surface area contributed by atoms with Gasteiger partial charge < -0.3 is 0 Å². The van der Waals surface area contributed by atoms with Gasteiger partial charge in [-0.25, -0.2) is 13.6 Å². The van der Waals surface area contributed by atoms with E-state index < -0.39 is 29.1 Å². The van der Waals surface area contributed by atoms with Gasteiger partial charge in [0.2, 0.25) is 6.08 Å². The van der Waals surface area contributed by atoms with Gasteiger partial charge in [-0.1, -0.05) is 0 Å². The molecule has 1 aromatic rings. The van der Waals surface area contributed by atoms with Crippen molar-refractivity contribution in [2.45, 2.75) is 6.18 Å². The Hall–Kier alpha value is -1.75. The van der Waals surface area contributed by atoms with Crippen molar-refractivity contribution in [3.05, 3.63) is 29.3 Å². The normalized spacial score (nSPS) is 11.0. The highest BCUT2D eigenvalue weighted by Gasteiger charge is 2.38. The summed E-state index contributed by atoms with van der Waals surface area (Å²) in [5.74, 6) is -3.68. The first-order valence-electron chi connectivity index (χ1n) is 3.51. The molecule has 0 fully saturated rings. The smallest absolute Gasteiger partial charge is 0.211 e. The third kappa shape index (κ3) is 2.19. The van der Waals surface area contributed by atoms with Gasteiger partial charge in [0.1, 0.15) is 17.1 Å². The summed E-state index contributed by atoms with van der Waals surface area (Å²) in [6.07, 6.45) is -4.31. The van der Waals surface area contributed by atoms with Crippen LogP contribution in [0.25, 0.3) is 0 Å². The zero-order chi connectivity index (χ0) is 11.6. The third-order valence-corrected chi connectivity index (χ3v) is 1.52. The van der Waals surface area contributed by atoms with E-state index in [2.05, 4.69) is 4.99 Å². The molecule has 80 valence electrons. The molecule has 0 spiro atoms. The van der Waals surface area contributed by atoms with Gasteiger partial charge in [-0.3, -0.25) is 0 Å². The molecule has 15 heavy (non-hydrogen) atoms. The van der Waals surface area contributed by atoms with Crippen molar-refractivity contribution in [2.75, 3.05) is 0 Å². The Kier molecular flexibility index (Phi) is 2.85. The van der Waals surface area contributed by atoms with Gasteiger partial charge in [0, 0.05) is 0 Å². The average Bonchev–Trinajstić information content (AvgIpc) is 2.08. The van der Waals surface area contributed by atoms with Crippen molar-refractivity contribution < 1.29 is 26.7 Å². The highest BCUT2D eigenvalue weighted by atomic mass is 19.4. The highest BCUT2D eigenvalue weighted by Crippen LogP contribution is 2.36. The summed E-state index contributed by atoms with van der Waals surface area (Å²) in [6.45, 7) is 0. The number of benzene rings is 1. The zero-order valence-electron chi connectivity index (χ0n) is 6.90. The van der Waals surface area contributed by atoms with Crippen LogP contribution in [-0.2, 0) is 11.0 Å². The van der Waals surface area contributed by atoms with Gasteiger partial charge in [-0.15, -0.1) is 0 Å². The summed E-state index contributed by atoms with van der Waals surface area (Å²) in [6, 6.07) is 0.993. The Morgan fingerprint density at radius 2 is 1.80 bits per heavy atom. The molecule has 0 saturated carbocycles. The van der Waals surface area contributed by atoms with Gasteiger partial charge >= 0.3 is 6.18 Å². The fourth-order valence-electron chi connectivity index (χ4n) is 0.937. The topological polar surface area (TPSA) is 29.4 Å². The summed E-state index contributed by atoms with van der Waals surface area (Å²) in [5.41, 5.74) is -2.97. The number of carbonyl (C=O) groups excluding carboxylic acids is 1. The molecule has 7 heteroatoms. The first kappa shape index (κ1) is 11.3. The van der Waals surface area contributed by atoms with Crippen molar-refractivity contribution in [3.8, 4) is 0 Å².